The fourth-order valence-electron chi connectivity index (χ4n) is 2.51. The summed E-state index contributed by atoms with van der Waals surface area (Å²) in [5.41, 5.74) is 4.87. The number of nitrogens with one attached hydrogen (secondary N) is 1. The van der Waals surface area contributed by atoms with Gasteiger partial charge in [-0.2, -0.15) is 0 Å². The molecule has 0 saturated heterocycles. The van der Waals surface area contributed by atoms with Crippen LogP contribution in [0, 0.1) is 13.8 Å². The molecule has 0 radical (unpaired) electrons. The lowest BCUT2D eigenvalue weighted by Crippen LogP contribution is -2.24. The molecule has 0 aliphatic heterocycles. The van der Waals surface area contributed by atoms with Crippen LogP contribution in [0.5, 0.6) is 0 Å². The highest BCUT2D eigenvalue weighted by molar-refractivity contribution is 6.42. The summed E-state index contributed by atoms with van der Waals surface area (Å²) in [7, 11) is 0. The number of hydrogen-bond acceptors (Lipinski definition) is 1. The van der Waals surface area contributed by atoms with Gasteiger partial charge in [0.1, 0.15) is 0 Å². The van der Waals surface area contributed by atoms with Crippen LogP contribution in [-0.4, -0.2) is 6.54 Å². The number of aryl methyl sites for hydroxylation is 1. The molecule has 0 aliphatic carbocycles. The lowest BCUT2D eigenvalue weighted by molar-refractivity contribution is 0.596. The Morgan fingerprint density at radius 2 is 1.67 bits per heavy atom. The van der Waals surface area contributed by atoms with Crippen molar-refractivity contribution in [3.8, 4) is 0 Å². The molecule has 0 aromatic heterocycles. The Morgan fingerprint density at radius 3 is 2.38 bits per heavy atom. The first-order valence-electron chi connectivity index (χ1n) is 7.29. The number of rotatable bonds is 5. The van der Waals surface area contributed by atoms with Crippen LogP contribution in [0.25, 0.3) is 0 Å². The van der Waals surface area contributed by atoms with E-state index in [0.717, 1.165) is 18.5 Å². The number of halogens is 2. The quantitative estimate of drug-likeness (QED) is 0.744. The fraction of sp³-hybridized carbons (Fsp3) is 0.333. The third-order valence-electron chi connectivity index (χ3n) is 3.85. The van der Waals surface area contributed by atoms with Crippen LogP contribution in [0.1, 0.15) is 41.6 Å². The van der Waals surface area contributed by atoms with Crippen LogP contribution in [0.2, 0.25) is 10.0 Å². The van der Waals surface area contributed by atoms with Gasteiger partial charge < -0.3 is 5.32 Å². The lowest BCUT2D eigenvalue weighted by Gasteiger charge is -2.23. The van der Waals surface area contributed by atoms with E-state index in [-0.39, 0.29) is 6.04 Å². The highest BCUT2D eigenvalue weighted by Gasteiger charge is 2.19. The molecular weight excluding hydrogens is 301 g/mol. The van der Waals surface area contributed by atoms with Gasteiger partial charge in [-0.1, -0.05) is 60.5 Å². The maximum absolute atomic E-state index is 6.44. The zero-order valence-electron chi connectivity index (χ0n) is 12.7. The molecule has 1 N–H and O–H groups in total. The van der Waals surface area contributed by atoms with Crippen LogP contribution in [0.4, 0.5) is 0 Å². The van der Waals surface area contributed by atoms with Crippen molar-refractivity contribution >= 4 is 23.2 Å². The predicted molar refractivity (Wildman–Crippen MR) is 92.5 cm³/mol. The average molecular weight is 322 g/mol. The van der Waals surface area contributed by atoms with Crippen LogP contribution in [0.15, 0.2) is 36.4 Å². The zero-order chi connectivity index (χ0) is 15.4. The third kappa shape index (κ3) is 3.60. The molecular formula is C18H21Cl2N. The smallest absolute Gasteiger partial charge is 0.0643 e. The molecule has 2 aromatic rings. The first kappa shape index (κ1) is 16.4. The Hall–Kier alpha value is -1.02. The summed E-state index contributed by atoms with van der Waals surface area (Å²) in [4.78, 5) is 0. The van der Waals surface area contributed by atoms with Gasteiger partial charge in [-0.25, -0.2) is 0 Å². The minimum absolute atomic E-state index is 0.0658. The van der Waals surface area contributed by atoms with Gasteiger partial charge in [0.2, 0.25) is 0 Å². The molecule has 2 rings (SSSR count). The Labute approximate surface area is 137 Å². The molecule has 112 valence electrons. The summed E-state index contributed by atoms with van der Waals surface area (Å²) in [5.74, 6) is 0. The fourth-order valence-corrected chi connectivity index (χ4v) is 2.92. The van der Waals surface area contributed by atoms with E-state index in [0.29, 0.717) is 10.0 Å². The standard InChI is InChI=1S/C18H21Cl2N/c1-4-11-21-18(14-8-5-7-12(2)13(14)3)15-9-6-10-16(19)17(15)20/h5-10,18,21H,4,11H2,1-3H3. The van der Waals surface area contributed by atoms with Gasteiger partial charge in [0.25, 0.3) is 0 Å². The molecule has 1 unspecified atom stereocenters. The van der Waals surface area contributed by atoms with Crippen LogP contribution in [0.3, 0.4) is 0 Å². The molecule has 0 spiro atoms. The van der Waals surface area contributed by atoms with E-state index in [1.54, 1.807) is 0 Å². The summed E-state index contributed by atoms with van der Waals surface area (Å²) < 4.78 is 0. The van der Waals surface area contributed by atoms with E-state index in [1.807, 2.05) is 18.2 Å². The number of hydrogen-bond donors (Lipinski definition) is 1. The molecule has 0 heterocycles. The van der Waals surface area contributed by atoms with E-state index in [9.17, 15) is 0 Å². The highest BCUT2D eigenvalue weighted by Crippen LogP contribution is 2.34. The molecule has 0 bridgehead atoms. The van der Waals surface area contributed by atoms with Crippen LogP contribution >= 0.6 is 23.2 Å². The SMILES string of the molecule is CCCNC(c1cccc(C)c1C)c1cccc(Cl)c1Cl. The minimum Gasteiger partial charge on any atom is -0.306 e. The van der Waals surface area contributed by atoms with Crippen molar-refractivity contribution in [3.63, 3.8) is 0 Å². The van der Waals surface area contributed by atoms with E-state index in [2.05, 4.69) is 44.3 Å². The number of benzene rings is 2. The second-order valence-corrected chi connectivity index (χ2v) is 6.10. The Bertz CT molecular complexity index is 571. The Kier molecular flexibility index (Phi) is 5.69. The van der Waals surface area contributed by atoms with E-state index in [4.69, 9.17) is 23.2 Å². The first-order valence-corrected chi connectivity index (χ1v) is 8.05. The molecule has 1 atom stereocenters. The molecule has 0 aliphatic rings. The van der Waals surface area contributed by atoms with Gasteiger partial charge in [0, 0.05) is 0 Å². The van der Waals surface area contributed by atoms with Gasteiger partial charge in [-0.05, 0) is 55.1 Å². The third-order valence-corrected chi connectivity index (χ3v) is 4.68. The second kappa shape index (κ2) is 7.31. The summed E-state index contributed by atoms with van der Waals surface area (Å²) >= 11 is 12.6. The van der Waals surface area contributed by atoms with Gasteiger partial charge in [0.15, 0.2) is 0 Å². The van der Waals surface area contributed by atoms with Crippen molar-refractivity contribution in [2.45, 2.75) is 33.2 Å². The van der Waals surface area contributed by atoms with Gasteiger partial charge in [0.05, 0.1) is 16.1 Å². The molecule has 0 amide bonds. The average Bonchev–Trinajstić information content (AvgIpc) is 2.47. The van der Waals surface area contributed by atoms with Gasteiger partial charge in [-0.3, -0.25) is 0 Å². The molecule has 0 saturated carbocycles. The largest absolute Gasteiger partial charge is 0.306 e. The van der Waals surface area contributed by atoms with Crippen molar-refractivity contribution in [1.82, 2.24) is 5.32 Å². The maximum atomic E-state index is 6.44. The normalized spacial score (nSPS) is 12.4. The summed E-state index contributed by atoms with van der Waals surface area (Å²) in [6, 6.07) is 12.3. The lowest BCUT2D eigenvalue weighted by atomic mass is 9.92. The molecule has 0 fully saturated rings. The Balaban J connectivity index is 2.52. The van der Waals surface area contributed by atoms with Crippen molar-refractivity contribution in [2.24, 2.45) is 0 Å². The topological polar surface area (TPSA) is 12.0 Å². The van der Waals surface area contributed by atoms with Crippen molar-refractivity contribution < 1.29 is 0 Å². The predicted octanol–water partition coefficient (Wildman–Crippen LogP) is 5.70. The molecule has 1 nitrogen and oxygen atoms in total. The maximum Gasteiger partial charge on any atom is 0.0643 e. The summed E-state index contributed by atoms with van der Waals surface area (Å²) in [5, 5.41) is 4.83. The zero-order valence-corrected chi connectivity index (χ0v) is 14.2. The second-order valence-electron chi connectivity index (χ2n) is 5.32. The van der Waals surface area contributed by atoms with E-state index < -0.39 is 0 Å². The summed E-state index contributed by atoms with van der Waals surface area (Å²) in [6.07, 6.45) is 1.07. The molecule has 3 heteroatoms. The van der Waals surface area contributed by atoms with Crippen molar-refractivity contribution in [1.29, 1.82) is 0 Å². The van der Waals surface area contributed by atoms with Crippen LogP contribution in [-0.2, 0) is 0 Å². The molecule has 21 heavy (non-hydrogen) atoms. The van der Waals surface area contributed by atoms with Crippen LogP contribution < -0.4 is 5.32 Å². The minimum atomic E-state index is 0.0658. The molecule has 2 aromatic carbocycles. The van der Waals surface area contributed by atoms with Gasteiger partial charge in [-0.15, -0.1) is 0 Å². The van der Waals surface area contributed by atoms with E-state index in [1.165, 1.54) is 16.7 Å². The van der Waals surface area contributed by atoms with Gasteiger partial charge >= 0.3 is 0 Å². The van der Waals surface area contributed by atoms with Crippen molar-refractivity contribution in [3.05, 3.63) is 68.7 Å². The monoisotopic (exact) mass is 321 g/mol. The van der Waals surface area contributed by atoms with E-state index >= 15 is 0 Å². The summed E-state index contributed by atoms with van der Waals surface area (Å²) in [6.45, 7) is 7.38. The highest BCUT2D eigenvalue weighted by atomic mass is 35.5. The first-order chi connectivity index (χ1) is 10.1. The van der Waals surface area contributed by atoms with Crippen molar-refractivity contribution in [2.75, 3.05) is 6.54 Å². The Morgan fingerprint density at radius 1 is 1.00 bits per heavy atom.